The minimum absolute atomic E-state index is 0.0546. The van der Waals surface area contributed by atoms with E-state index in [-0.39, 0.29) is 29.1 Å². The Balaban J connectivity index is 1.72. The Labute approximate surface area is 253 Å². The molecule has 1 aliphatic carbocycles. The average Bonchev–Trinajstić information content (AvgIpc) is 3.50. The molecule has 42 heavy (non-hydrogen) atoms. The van der Waals surface area contributed by atoms with E-state index in [2.05, 4.69) is 5.32 Å². The zero-order chi connectivity index (χ0) is 30.3. The predicted molar refractivity (Wildman–Crippen MR) is 165 cm³/mol. The molecule has 1 aliphatic rings. The zero-order valence-corrected chi connectivity index (χ0v) is 25.8. The summed E-state index contributed by atoms with van der Waals surface area (Å²) in [6.45, 7) is 3.33. The average molecular weight is 612 g/mol. The van der Waals surface area contributed by atoms with Crippen molar-refractivity contribution in [1.29, 1.82) is 0 Å². The van der Waals surface area contributed by atoms with E-state index in [1.165, 1.54) is 24.1 Å². The second-order valence-corrected chi connectivity index (χ2v) is 12.9. The van der Waals surface area contributed by atoms with Crippen LogP contribution in [-0.2, 0) is 26.2 Å². The van der Waals surface area contributed by atoms with E-state index in [1.54, 1.807) is 60.7 Å². The number of amides is 2. The molecule has 0 bridgehead atoms. The zero-order valence-electron chi connectivity index (χ0n) is 24.3. The van der Waals surface area contributed by atoms with E-state index in [0.29, 0.717) is 17.2 Å². The van der Waals surface area contributed by atoms with Crippen LogP contribution in [0.1, 0.15) is 50.2 Å². The summed E-state index contributed by atoms with van der Waals surface area (Å²) in [5.41, 5.74) is 1.96. The van der Waals surface area contributed by atoms with E-state index in [4.69, 9.17) is 16.3 Å². The highest BCUT2D eigenvalue weighted by Crippen LogP contribution is 2.28. The third-order valence-electron chi connectivity index (χ3n) is 7.58. The normalized spacial score (nSPS) is 14.3. The van der Waals surface area contributed by atoms with Gasteiger partial charge >= 0.3 is 0 Å². The van der Waals surface area contributed by atoms with E-state index in [0.717, 1.165) is 41.1 Å². The molecule has 3 aromatic rings. The highest BCUT2D eigenvalue weighted by Gasteiger charge is 2.34. The smallest absolute Gasteiger partial charge is 0.264 e. The van der Waals surface area contributed by atoms with Crippen LogP contribution in [0.25, 0.3) is 0 Å². The lowest BCUT2D eigenvalue weighted by molar-refractivity contribution is -0.140. The highest BCUT2D eigenvalue weighted by atomic mass is 35.5. The molecule has 1 fully saturated rings. The minimum atomic E-state index is -4.16. The van der Waals surface area contributed by atoms with Crippen LogP contribution in [0.2, 0.25) is 5.02 Å². The largest absolute Gasteiger partial charge is 0.497 e. The molecule has 0 radical (unpaired) electrons. The second kappa shape index (κ2) is 14.1. The number of hydrogen-bond donors (Lipinski definition) is 1. The van der Waals surface area contributed by atoms with Crippen molar-refractivity contribution in [1.82, 2.24) is 10.2 Å². The Morgan fingerprint density at radius 2 is 1.69 bits per heavy atom. The van der Waals surface area contributed by atoms with Gasteiger partial charge in [-0.05, 0) is 68.1 Å². The molecule has 1 N–H and O–H groups in total. The molecule has 0 heterocycles. The molecule has 2 amide bonds. The number of hydrogen-bond acceptors (Lipinski definition) is 5. The fourth-order valence-corrected chi connectivity index (χ4v) is 6.74. The topological polar surface area (TPSA) is 96.0 Å². The number of carbonyl (C=O) groups excluding carboxylic acids is 2. The SMILES string of the molecule is CCC(C(=O)NC1CCCC1)N(Cc1ccc(Cl)cc1)C(=O)CN(c1cccc(OC)c1)S(=O)(=O)c1ccc(C)cc1. The Kier molecular flexibility index (Phi) is 10.5. The van der Waals surface area contributed by atoms with Gasteiger partial charge in [-0.1, -0.05) is 67.3 Å². The number of carbonyl (C=O) groups is 2. The van der Waals surface area contributed by atoms with Crippen molar-refractivity contribution in [2.24, 2.45) is 0 Å². The first-order chi connectivity index (χ1) is 20.1. The summed E-state index contributed by atoms with van der Waals surface area (Å²) in [7, 11) is -2.67. The fourth-order valence-electron chi connectivity index (χ4n) is 5.21. The first-order valence-corrected chi connectivity index (χ1v) is 16.0. The molecule has 1 saturated carbocycles. The Hall–Kier alpha value is -3.56. The van der Waals surface area contributed by atoms with Crippen LogP contribution in [0.5, 0.6) is 5.75 Å². The van der Waals surface area contributed by atoms with Crippen molar-refractivity contribution in [3.63, 3.8) is 0 Å². The van der Waals surface area contributed by atoms with Crippen molar-refractivity contribution >= 4 is 39.1 Å². The quantitative estimate of drug-likeness (QED) is 0.283. The molecule has 4 rings (SSSR count). The number of nitrogens with one attached hydrogen (secondary N) is 1. The van der Waals surface area contributed by atoms with Gasteiger partial charge in [0.2, 0.25) is 11.8 Å². The van der Waals surface area contributed by atoms with Crippen LogP contribution in [0.15, 0.2) is 77.7 Å². The predicted octanol–water partition coefficient (Wildman–Crippen LogP) is 5.72. The number of nitrogens with zero attached hydrogens (tertiary/aromatic N) is 2. The van der Waals surface area contributed by atoms with Gasteiger partial charge in [0, 0.05) is 23.7 Å². The summed E-state index contributed by atoms with van der Waals surface area (Å²) < 4.78 is 34.5. The van der Waals surface area contributed by atoms with Crippen LogP contribution in [-0.4, -0.2) is 50.9 Å². The van der Waals surface area contributed by atoms with Gasteiger partial charge in [0.25, 0.3) is 10.0 Å². The lowest BCUT2D eigenvalue weighted by Crippen LogP contribution is -2.53. The van der Waals surface area contributed by atoms with Gasteiger partial charge < -0.3 is 15.0 Å². The number of anilines is 1. The van der Waals surface area contributed by atoms with Gasteiger partial charge in [0.15, 0.2) is 0 Å². The summed E-state index contributed by atoms with van der Waals surface area (Å²) in [5.74, 6) is -0.289. The maximum Gasteiger partial charge on any atom is 0.264 e. The molecule has 0 aliphatic heterocycles. The van der Waals surface area contributed by atoms with E-state index < -0.39 is 28.5 Å². The molecule has 3 aromatic carbocycles. The molecular formula is C32H38ClN3O5S. The van der Waals surface area contributed by atoms with Gasteiger partial charge in [-0.3, -0.25) is 13.9 Å². The van der Waals surface area contributed by atoms with Crippen LogP contribution in [0, 0.1) is 6.92 Å². The van der Waals surface area contributed by atoms with E-state index >= 15 is 0 Å². The summed E-state index contributed by atoms with van der Waals surface area (Å²) in [6.07, 6.45) is 4.29. The molecule has 0 saturated heterocycles. The van der Waals surface area contributed by atoms with Crippen molar-refractivity contribution in [2.75, 3.05) is 18.0 Å². The molecule has 1 atom stereocenters. The number of halogens is 1. The number of aryl methyl sites for hydroxylation is 1. The van der Waals surface area contributed by atoms with Gasteiger partial charge in [0.1, 0.15) is 18.3 Å². The van der Waals surface area contributed by atoms with Crippen molar-refractivity contribution in [3.8, 4) is 5.75 Å². The number of methoxy groups -OCH3 is 1. The van der Waals surface area contributed by atoms with Gasteiger partial charge in [-0.2, -0.15) is 0 Å². The van der Waals surface area contributed by atoms with Gasteiger partial charge in [0.05, 0.1) is 17.7 Å². The number of sulfonamides is 1. The summed E-state index contributed by atoms with van der Waals surface area (Å²) in [5, 5.41) is 3.67. The third kappa shape index (κ3) is 7.63. The van der Waals surface area contributed by atoms with Crippen molar-refractivity contribution in [3.05, 3.63) is 88.9 Å². The fraction of sp³-hybridized carbons (Fsp3) is 0.375. The highest BCUT2D eigenvalue weighted by molar-refractivity contribution is 7.92. The Morgan fingerprint density at radius 3 is 2.31 bits per heavy atom. The number of rotatable bonds is 12. The second-order valence-electron chi connectivity index (χ2n) is 10.6. The summed E-state index contributed by atoms with van der Waals surface area (Å²) in [6, 6.07) is 19.4. The standard InChI is InChI=1S/C32H38ClN3O5S/c1-4-30(32(38)34-26-8-5-6-9-26)35(21-24-14-16-25(33)17-15-24)31(37)22-36(27-10-7-11-28(20-27)41-3)42(39,40)29-18-12-23(2)13-19-29/h7,10-20,26,30H,4-6,8-9,21-22H2,1-3H3,(H,34,38). The van der Waals surface area contributed by atoms with Gasteiger partial charge in [-0.25, -0.2) is 8.42 Å². The number of ether oxygens (including phenoxy) is 1. The van der Waals surface area contributed by atoms with Crippen molar-refractivity contribution < 1.29 is 22.7 Å². The third-order valence-corrected chi connectivity index (χ3v) is 9.62. The first kappa shape index (κ1) is 31.4. The van der Waals surface area contributed by atoms with Crippen LogP contribution >= 0.6 is 11.6 Å². The lowest BCUT2D eigenvalue weighted by Gasteiger charge is -2.34. The van der Waals surface area contributed by atoms with Crippen molar-refractivity contribution in [2.45, 2.75) is 69.5 Å². The number of benzene rings is 3. The van der Waals surface area contributed by atoms with E-state index in [9.17, 15) is 18.0 Å². The van der Waals surface area contributed by atoms with Crippen LogP contribution in [0.3, 0.4) is 0 Å². The molecule has 10 heteroatoms. The lowest BCUT2D eigenvalue weighted by atomic mass is 10.1. The molecule has 1 unspecified atom stereocenters. The first-order valence-electron chi connectivity index (χ1n) is 14.2. The molecule has 0 aromatic heterocycles. The molecule has 0 spiro atoms. The Morgan fingerprint density at radius 1 is 1.02 bits per heavy atom. The monoisotopic (exact) mass is 611 g/mol. The van der Waals surface area contributed by atoms with Gasteiger partial charge in [-0.15, -0.1) is 0 Å². The Bertz CT molecular complexity index is 1470. The molecular weight excluding hydrogens is 574 g/mol. The maximum absolute atomic E-state index is 14.2. The van der Waals surface area contributed by atoms with E-state index in [1.807, 2.05) is 13.8 Å². The summed E-state index contributed by atoms with van der Waals surface area (Å²) in [4.78, 5) is 29.3. The maximum atomic E-state index is 14.2. The summed E-state index contributed by atoms with van der Waals surface area (Å²) >= 11 is 6.10. The van der Waals surface area contributed by atoms with Crippen LogP contribution in [0.4, 0.5) is 5.69 Å². The molecule has 8 nitrogen and oxygen atoms in total. The minimum Gasteiger partial charge on any atom is -0.497 e. The van der Waals surface area contributed by atoms with Crippen LogP contribution < -0.4 is 14.4 Å². The molecule has 224 valence electrons.